The third-order valence-electron chi connectivity index (χ3n) is 5.67. The number of carbonyl (C=O) groups excluding carboxylic acids is 1. The summed E-state index contributed by atoms with van der Waals surface area (Å²) in [7, 11) is -3.92. The quantitative estimate of drug-likeness (QED) is 0.529. The van der Waals surface area contributed by atoms with Gasteiger partial charge in [-0.2, -0.15) is 0 Å². The van der Waals surface area contributed by atoms with Gasteiger partial charge in [0, 0.05) is 0 Å². The van der Waals surface area contributed by atoms with Gasteiger partial charge in [-0.1, -0.05) is 61.5 Å². The lowest BCUT2D eigenvalue weighted by atomic mass is 10.0. The molecule has 0 bridgehead atoms. The van der Waals surface area contributed by atoms with Crippen molar-refractivity contribution in [3.8, 4) is 0 Å². The number of aryl methyl sites for hydroxylation is 3. The number of nitrogens with one attached hydrogen (secondary N) is 1. The van der Waals surface area contributed by atoms with Crippen LogP contribution in [-0.2, 0) is 21.2 Å². The number of hydrogen-bond donors (Lipinski definition) is 1. The maximum atomic E-state index is 13.5. The Kier molecular flexibility index (Phi) is 7.36. The molecule has 3 rings (SSSR count). The molecule has 0 aromatic heterocycles. The molecular weight excluding hydrogens is 420 g/mol. The number of rotatable bonds is 8. The van der Waals surface area contributed by atoms with Crippen molar-refractivity contribution in [2.75, 3.05) is 10.8 Å². The van der Waals surface area contributed by atoms with Crippen LogP contribution >= 0.6 is 0 Å². The van der Waals surface area contributed by atoms with E-state index in [2.05, 4.69) is 5.32 Å². The van der Waals surface area contributed by atoms with Crippen LogP contribution in [0.2, 0.25) is 0 Å². The van der Waals surface area contributed by atoms with Gasteiger partial charge >= 0.3 is 0 Å². The zero-order valence-corrected chi connectivity index (χ0v) is 19.8. The zero-order chi connectivity index (χ0) is 23.3. The molecule has 32 heavy (non-hydrogen) atoms. The molecule has 1 amide bonds. The summed E-state index contributed by atoms with van der Waals surface area (Å²) in [6, 6.07) is 21.3. The molecule has 1 atom stereocenters. The third kappa shape index (κ3) is 5.19. The molecule has 1 N–H and O–H groups in total. The summed E-state index contributed by atoms with van der Waals surface area (Å²) in [5.74, 6) is -0.360. The normalized spacial score (nSPS) is 12.2. The Morgan fingerprint density at radius 2 is 1.59 bits per heavy atom. The van der Waals surface area contributed by atoms with Crippen molar-refractivity contribution < 1.29 is 13.2 Å². The number of nitrogens with zero attached hydrogens (tertiary/aromatic N) is 1. The number of carbonyl (C=O) groups is 1. The summed E-state index contributed by atoms with van der Waals surface area (Å²) in [5, 5.41) is 2.96. The highest BCUT2D eigenvalue weighted by molar-refractivity contribution is 7.92. The number of para-hydroxylation sites is 1. The summed E-state index contributed by atoms with van der Waals surface area (Å²) in [5.41, 5.74) is 4.69. The molecule has 3 aromatic rings. The van der Waals surface area contributed by atoms with Crippen LogP contribution in [-0.4, -0.2) is 20.9 Å². The second kappa shape index (κ2) is 10.0. The predicted molar refractivity (Wildman–Crippen MR) is 129 cm³/mol. The highest BCUT2D eigenvalue weighted by Gasteiger charge is 2.28. The van der Waals surface area contributed by atoms with E-state index in [-0.39, 0.29) is 23.4 Å². The topological polar surface area (TPSA) is 66.5 Å². The van der Waals surface area contributed by atoms with Crippen molar-refractivity contribution in [2.45, 2.75) is 45.1 Å². The molecule has 0 radical (unpaired) electrons. The van der Waals surface area contributed by atoms with Crippen molar-refractivity contribution in [1.29, 1.82) is 0 Å². The second-order valence-electron chi connectivity index (χ2n) is 7.94. The van der Waals surface area contributed by atoms with Gasteiger partial charge in [-0.15, -0.1) is 0 Å². The van der Waals surface area contributed by atoms with Crippen molar-refractivity contribution in [3.63, 3.8) is 0 Å². The van der Waals surface area contributed by atoms with E-state index in [0.29, 0.717) is 12.1 Å². The Labute approximate surface area is 191 Å². The van der Waals surface area contributed by atoms with Gasteiger partial charge in [-0.05, 0) is 67.6 Å². The monoisotopic (exact) mass is 450 g/mol. The minimum absolute atomic E-state index is 0.154. The fraction of sp³-hybridized carbons (Fsp3) is 0.269. The van der Waals surface area contributed by atoms with Gasteiger partial charge in [0.25, 0.3) is 10.0 Å². The molecule has 6 heteroatoms. The van der Waals surface area contributed by atoms with Crippen LogP contribution in [0.25, 0.3) is 0 Å². The van der Waals surface area contributed by atoms with Gasteiger partial charge < -0.3 is 5.32 Å². The van der Waals surface area contributed by atoms with Crippen LogP contribution in [0.3, 0.4) is 0 Å². The SMILES string of the molecule is CCc1ccccc1N(CC(=O)NC(C)c1ccc(C)c(C)c1)S(=O)(=O)c1ccccc1. The number of sulfonamides is 1. The molecule has 1 unspecified atom stereocenters. The first-order valence-electron chi connectivity index (χ1n) is 10.8. The summed E-state index contributed by atoms with van der Waals surface area (Å²) >= 11 is 0. The fourth-order valence-electron chi connectivity index (χ4n) is 3.61. The number of hydrogen-bond acceptors (Lipinski definition) is 3. The van der Waals surface area contributed by atoms with E-state index in [1.54, 1.807) is 42.5 Å². The standard InChI is InChI=1S/C26H30N2O3S/c1-5-22-11-9-10-14-25(22)28(32(30,31)24-12-7-6-8-13-24)18-26(29)27-21(4)23-16-15-19(2)20(3)17-23/h6-17,21H,5,18H2,1-4H3,(H,27,29). The van der Waals surface area contributed by atoms with Gasteiger partial charge in [-0.3, -0.25) is 9.10 Å². The van der Waals surface area contributed by atoms with Crippen molar-refractivity contribution in [3.05, 3.63) is 95.1 Å². The summed E-state index contributed by atoms with van der Waals surface area (Å²) < 4.78 is 28.3. The summed E-state index contributed by atoms with van der Waals surface area (Å²) in [6.07, 6.45) is 0.650. The first-order chi connectivity index (χ1) is 15.2. The number of amides is 1. The molecule has 0 fully saturated rings. The van der Waals surface area contributed by atoms with Gasteiger partial charge in [0.1, 0.15) is 6.54 Å². The predicted octanol–water partition coefficient (Wildman–Crippen LogP) is 4.94. The maximum Gasteiger partial charge on any atom is 0.264 e. The lowest BCUT2D eigenvalue weighted by molar-refractivity contribution is -0.120. The summed E-state index contributed by atoms with van der Waals surface area (Å²) in [6.45, 7) is 7.64. The highest BCUT2D eigenvalue weighted by atomic mass is 32.2. The molecule has 0 aliphatic carbocycles. The van der Waals surface area contributed by atoms with E-state index in [0.717, 1.165) is 16.7 Å². The Morgan fingerprint density at radius 1 is 0.938 bits per heavy atom. The van der Waals surface area contributed by atoms with E-state index in [1.165, 1.54) is 9.87 Å². The van der Waals surface area contributed by atoms with E-state index in [9.17, 15) is 13.2 Å². The second-order valence-corrected chi connectivity index (χ2v) is 9.80. The van der Waals surface area contributed by atoms with Crippen LogP contribution in [0.15, 0.2) is 77.7 Å². The van der Waals surface area contributed by atoms with E-state index in [1.807, 2.05) is 58.0 Å². The van der Waals surface area contributed by atoms with Crippen LogP contribution in [0, 0.1) is 13.8 Å². The molecule has 0 heterocycles. The molecule has 5 nitrogen and oxygen atoms in total. The van der Waals surface area contributed by atoms with Crippen molar-refractivity contribution in [1.82, 2.24) is 5.32 Å². The molecule has 3 aromatic carbocycles. The van der Waals surface area contributed by atoms with E-state index < -0.39 is 10.0 Å². The Hall–Kier alpha value is -3.12. The Bertz CT molecular complexity index is 1190. The van der Waals surface area contributed by atoms with Crippen LogP contribution < -0.4 is 9.62 Å². The van der Waals surface area contributed by atoms with Gasteiger partial charge in [0.05, 0.1) is 16.6 Å². The first kappa shape index (κ1) is 23.5. The number of anilines is 1. The molecule has 0 aliphatic rings. The molecule has 168 valence electrons. The third-order valence-corrected chi connectivity index (χ3v) is 7.44. The average molecular weight is 451 g/mol. The smallest absolute Gasteiger partial charge is 0.264 e. The minimum Gasteiger partial charge on any atom is -0.348 e. The van der Waals surface area contributed by atoms with Gasteiger partial charge in [0.15, 0.2) is 0 Å². The molecule has 0 spiro atoms. The summed E-state index contributed by atoms with van der Waals surface area (Å²) in [4.78, 5) is 13.2. The minimum atomic E-state index is -3.92. The van der Waals surface area contributed by atoms with Crippen LogP contribution in [0.4, 0.5) is 5.69 Å². The fourth-order valence-corrected chi connectivity index (χ4v) is 5.09. The Morgan fingerprint density at radius 3 is 2.25 bits per heavy atom. The van der Waals surface area contributed by atoms with Gasteiger partial charge in [-0.25, -0.2) is 8.42 Å². The van der Waals surface area contributed by atoms with Crippen LogP contribution in [0.5, 0.6) is 0 Å². The van der Waals surface area contributed by atoms with E-state index in [4.69, 9.17) is 0 Å². The lowest BCUT2D eigenvalue weighted by Gasteiger charge is -2.27. The van der Waals surface area contributed by atoms with Crippen LogP contribution in [0.1, 0.15) is 42.1 Å². The Balaban J connectivity index is 1.92. The first-order valence-corrected chi connectivity index (χ1v) is 12.2. The molecular formula is C26H30N2O3S. The molecule has 0 saturated carbocycles. The number of benzene rings is 3. The van der Waals surface area contributed by atoms with Crippen molar-refractivity contribution >= 4 is 21.6 Å². The zero-order valence-electron chi connectivity index (χ0n) is 19.0. The van der Waals surface area contributed by atoms with Gasteiger partial charge in [0.2, 0.25) is 5.91 Å². The maximum absolute atomic E-state index is 13.5. The molecule has 0 saturated heterocycles. The molecule has 0 aliphatic heterocycles. The van der Waals surface area contributed by atoms with E-state index >= 15 is 0 Å². The highest BCUT2D eigenvalue weighted by Crippen LogP contribution is 2.27. The lowest BCUT2D eigenvalue weighted by Crippen LogP contribution is -2.42. The average Bonchev–Trinajstić information content (AvgIpc) is 2.79. The van der Waals surface area contributed by atoms with Crippen molar-refractivity contribution in [2.24, 2.45) is 0 Å². The largest absolute Gasteiger partial charge is 0.348 e.